The molecule has 2 amide bonds. The molecule has 0 aromatic carbocycles. The van der Waals surface area contributed by atoms with E-state index in [1.807, 2.05) is 0 Å². The van der Waals surface area contributed by atoms with Crippen LogP contribution in [0.4, 0.5) is 13.2 Å². The second-order valence-electron chi connectivity index (χ2n) is 4.65. The third-order valence-corrected chi connectivity index (χ3v) is 6.72. The fourth-order valence-electron chi connectivity index (χ4n) is 1.96. The van der Waals surface area contributed by atoms with E-state index >= 15 is 0 Å². The van der Waals surface area contributed by atoms with Gasteiger partial charge in [-0.2, -0.15) is 21.6 Å². The van der Waals surface area contributed by atoms with Crippen LogP contribution in [0.15, 0.2) is 0 Å². The minimum atomic E-state index is -6.20. The van der Waals surface area contributed by atoms with Crippen LogP contribution in [0.25, 0.3) is 0 Å². The molecule has 1 heterocycles. The molecule has 1 fully saturated rings. The minimum absolute atomic E-state index is 0.0232. The van der Waals surface area contributed by atoms with Crippen molar-refractivity contribution in [1.82, 2.24) is 8.61 Å². The quantitative estimate of drug-likeness (QED) is 0.623. The predicted octanol–water partition coefficient (Wildman–Crippen LogP) is 0.0252. The van der Waals surface area contributed by atoms with Crippen LogP contribution in [-0.2, 0) is 29.6 Å². The van der Waals surface area contributed by atoms with Gasteiger partial charge in [0.2, 0.25) is 5.25 Å². The van der Waals surface area contributed by atoms with Crippen molar-refractivity contribution in [2.75, 3.05) is 13.1 Å². The Morgan fingerprint density at radius 1 is 1.09 bits per heavy atom. The molecule has 0 saturated carbocycles. The third kappa shape index (κ3) is 3.16. The van der Waals surface area contributed by atoms with Gasteiger partial charge in [0.25, 0.3) is 21.7 Å². The first kappa shape index (κ1) is 19.7. The lowest BCUT2D eigenvalue weighted by Gasteiger charge is -2.37. The lowest BCUT2D eigenvalue weighted by atomic mass is 10.3. The largest absolute Gasteiger partial charge is 0.498 e. The highest BCUT2D eigenvalue weighted by molar-refractivity contribution is 7.95. The van der Waals surface area contributed by atoms with Gasteiger partial charge in [-0.3, -0.25) is 9.59 Å². The molecule has 0 N–H and O–H groups in total. The van der Waals surface area contributed by atoms with Crippen molar-refractivity contribution < 1.29 is 39.6 Å². The molecule has 13 heteroatoms. The highest BCUT2D eigenvalue weighted by Crippen LogP contribution is 2.32. The smallest absolute Gasteiger partial charge is 0.272 e. The van der Waals surface area contributed by atoms with E-state index in [2.05, 4.69) is 0 Å². The Bertz CT molecular complexity index is 701. The zero-order valence-corrected chi connectivity index (χ0v) is 13.8. The Morgan fingerprint density at radius 3 is 1.96 bits per heavy atom. The van der Waals surface area contributed by atoms with Gasteiger partial charge in [0.05, 0.1) is 0 Å². The number of carbonyl (C=O) groups excluding carboxylic acids is 2. The van der Waals surface area contributed by atoms with Crippen molar-refractivity contribution in [3.63, 3.8) is 0 Å². The summed E-state index contributed by atoms with van der Waals surface area (Å²) in [5, 5.41) is -3.14. The molecule has 0 aliphatic carbocycles. The van der Waals surface area contributed by atoms with Gasteiger partial charge in [-0.1, -0.05) is 13.3 Å². The number of halogens is 3. The number of sulfone groups is 1. The van der Waals surface area contributed by atoms with Crippen LogP contribution < -0.4 is 0 Å². The first-order valence-corrected chi connectivity index (χ1v) is 9.46. The minimum Gasteiger partial charge on any atom is -0.272 e. The van der Waals surface area contributed by atoms with E-state index < -0.39 is 55.7 Å². The van der Waals surface area contributed by atoms with Crippen LogP contribution in [0.3, 0.4) is 0 Å². The number of rotatable bonds is 5. The molecular formula is C10H15F3N2O6S2. The lowest BCUT2D eigenvalue weighted by molar-refractivity contribution is -0.138. The number of unbranched alkanes of at least 4 members (excludes halogenated alkanes) is 1. The summed E-state index contributed by atoms with van der Waals surface area (Å²) in [5.74, 6) is -3.81. The Morgan fingerprint density at radius 2 is 1.57 bits per heavy atom. The van der Waals surface area contributed by atoms with Gasteiger partial charge in [0.15, 0.2) is 0 Å². The van der Waals surface area contributed by atoms with E-state index in [9.17, 15) is 39.6 Å². The number of amides is 2. The highest BCUT2D eigenvalue weighted by atomic mass is 32.2. The number of hydrogen-bond donors (Lipinski definition) is 0. The summed E-state index contributed by atoms with van der Waals surface area (Å²) in [5.41, 5.74) is -5.86. The van der Waals surface area contributed by atoms with E-state index in [0.29, 0.717) is 6.42 Å². The average Bonchev–Trinajstić information content (AvgIpc) is 2.36. The Labute approximate surface area is 131 Å². The summed E-state index contributed by atoms with van der Waals surface area (Å²) >= 11 is 0. The highest BCUT2D eigenvalue weighted by Gasteiger charge is 2.62. The predicted molar refractivity (Wildman–Crippen MR) is 71.7 cm³/mol. The summed E-state index contributed by atoms with van der Waals surface area (Å²) in [7, 11) is -10.9. The number of alkyl halides is 3. The molecule has 1 aliphatic heterocycles. The molecule has 0 aromatic heterocycles. The number of hydrogen-bond acceptors (Lipinski definition) is 6. The molecule has 8 nitrogen and oxygen atoms in total. The van der Waals surface area contributed by atoms with Crippen LogP contribution in [0, 0.1) is 0 Å². The van der Waals surface area contributed by atoms with Gasteiger partial charge in [0.1, 0.15) is 0 Å². The van der Waals surface area contributed by atoms with Gasteiger partial charge < -0.3 is 0 Å². The van der Waals surface area contributed by atoms with Crippen LogP contribution in [-0.4, -0.2) is 61.1 Å². The van der Waals surface area contributed by atoms with Gasteiger partial charge in [-0.05, 0) is 13.3 Å². The first-order valence-electron chi connectivity index (χ1n) is 6.52. The van der Waals surface area contributed by atoms with E-state index in [1.54, 1.807) is 6.92 Å². The van der Waals surface area contributed by atoms with Crippen molar-refractivity contribution >= 4 is 31.9 Å². The normalized spacial score (nSPS) is 22.6. The fourth-order valence-corrected chi connectivity index (χ4v) is 4.73. The van der Waals surface area contributed by atoms with Crippen molar-refractivity contribution in [3.8, 4) is 0 Å². The second kappa shape index (κ2) is 6.26. The number of nitrogens with zero attached hydrogens (tertiary/aromatic N) is 2. The zero-order valence-electron chi connectivity index (χ0n) is 12.2. The molecule has 0 radical (unpaired) electrons. The maximum absolute atomic E-state index is 12.7. The molecule has 1 unspecified atom stereocenters. The van der Waals surface area contributed by atoms with Crippen molar-refractivity contribution in [2.24, 2.45) is 0 Å². The Kier molecular flexibility index (Phi) is 5.36. The summed E-state index contributed by atoms with van der Waals surface area (Å²) in [6.07, 6.45) is 0.506. The Balaban J connectivity index is 3.51. The monoisotopic (exact) mass is 380 g/mol. The number of carbonyl (C=O) groups is 2. The average molecular weight is 380 g/mol. The van der Waals surface area contributed by atoms with Gasteiger partial charge >= 0.3 is 15.7 Å². The molecule has 1 saturated heterocycles. The van der Waals surface area contributed by atoms with Crippen LogP contribution in [0.2, 0.25) is 0 Å². The molecular weight excluding hydrogens is 365 g/mol. The van der Waals surface area contributed by atoms with Crippen molar-refractivity contribution in [2.45, 2.75) is 37.4 Å². The van der Waals surface area contributed by atoms with Gasteiger partial charge in [0, 0.05) is 13.1 Å². The summed E-state index contributed by atoms with van der Waals surface area (Å²) in [6, 6.07) is 0. The summed E-state index contributed by atoms with van der Waals surface area (Å²) < 4.78 is 85.3. The van der Waals surface area contributed by atoms with Crippen molar-refractivity contribution in [3.05, 3.63) is 0 Å². The zero-order chi connectivity index (χ0) is 18.2. The summed E-state index contributed by atoms with van der Waals surface area (Å²) in [4.78, 5) is 23.9. The SMILES string of the molecule is CCCCN1C(=O)C(S(=O)(=O)C(F)(F)F)C(=O)N(CC)S1(=O)=O. The van der Waals surface area contributed by atoms with E-state index in [0.717, 1.165) is 6.92 Å². The molecule has 1 atom stereocenters. The lowest BCUT2D eigenvalue weighted by Crippen LogP contribution is -2.65. The maximum atomic E-state index is 12.7. The standard InChI is InChI=1S/C10H15F3N2O6S2/c1-3-5-6-15-9(17)7(22(18,19)10(11,12)13)8(16)14(4-2)23(15,20)21/h7H,3-6H2,1-2H3. The molecule has 0 spiro atoms. The van der Waals surface area contributed by atoms with Crippen LogP contribution >= 0.6 is 0 Å². The molecule has 1 aliphatic rings. The molecule has 23 heavy (non-hydrogen) atoms. The first-order chi connectivity index (χ1) is 10.3. The third-order valence-electron chi connectivity index (χ3n) is 3.13. The molecule has 0 aromatic rings. The van der Waals surface area contributed by atoms with E-state index in [1.165, 1.54) is 0 Å². The van der Waals surface area contributed by atoms with Gasteiger partial charge in [-0.15, -0.1) is 0 Å². The van der Waals surface area contributed by atoms with Crippen molar-refractivity contribution in [1.29, 1.82) is 0 Å². The summed E-state index contributed by atoms with van der Waals surface area (Å²) in [6.45, 7) is 1.67. The maximum Gasteiger partial charge on any atom is 0.498 e. The van der Waals surface area contributed by atoms with Crippen LogP contribution in [0.1, 0.15) is 26.7 Å². The molecule has 0 bridgehead atoms. The van der Waals surface area contributed by atoms with Gasteiger partial charge in [-0.25, -0.2) is 17.0 Å². The molecule has 134 valence electrons. The Hall–Kier alpha value is -1.37. The topological polar surface area (TPSA) is 109 Å². The van der Waals surface area contributed by atoms with E-state index in [-0.39, 0.29) is 15.0 Å². The second-order valence-corrected chi connectivity index (χ2v) is 8.45. The molecule has 1 rings (SSSR count). The van der Waals surface area contributed by atoms with Crippen LogP contribution in [0.5, 0.6) is 0 Å². The van der Waals surface area contributed by atoms with E-state index in [4.69, 9.17) is 0 Å². The fraction of sp³-hybridized carbons (Fsp3) is 0.800.